The largest absolute Gasteiger partial charge is 0.324 e. The SMILES string of the molecule is CCCc1c(NN)cc(Cl)c(F)c1C(C)C. The molecular weight excluding hydrogens is 227 g/mol. The van der Waals surface area contributed by atoms with Crippen LogP contribution in [0.5, 0.6) is 0 Å². The molecule has 90 valence electrons. The number of hydrazine groups is 1. The van der Waals surface area contributed by atoms with Crippen LogP contribution in [0, 0.1) is 5.82 Å². The fourth-order valence-electron chi connectivity index (χ4n) is 1.93. The second-order valence-electron chi connectivity index (χ2n) is 4.16. The molecule has 0 aliphatic heterocycles. The number of halogens is 2. The molecule has 0 heterocycles. The molecule has 0 unspecified atom stereocenters. The van der Waals surface area contributed by atoms with Crippen molar-refractivity contribution in [2.24, 2.45) is 5.84 Å². The maximum Gasteiger partial charge on any atom is 0.145 e. The van der Waals surface area contributed by atoms with Crippen LogP contribution in [0.1, 0.15) is 44.2 Å². The monoisotopic (exact) mass is 244 g/mol. The van der Waals surface area contributed by atoms with E-state index in [4.69, 9.17) is 17.4 Å². The topological polar surface area (TPSA) is 38.0 Å². The van der Waals surface area contributed by atoms with E-state index in [0.717, 1.165) is 24.1 Å². The van der Waals surface area contributed by atoms with E-state index in [9.17, 15) is 4.39 Å². The number of nitrogens with two attached hydrogens (primary N) is 1. The number of anilines is 1. The van der Waals surface area contributed by atoms with Gasteiger partial charge >= 0.3 is 0 Å². The lowest BCUT2D eigenvalue weighted by Gasteiger charge is -2.18. The van der Waals surface area contributed by atoms with Crippen LogP contribution in [-0.2, 0) is 6.42 Å². The molecule has 4 heteroatoms. The van der Waals surface area contributed by atoms with Gasteiger partial charge in [0.1, 0.15) is 5.82 Å². The first kappa shape index (κ1) is 13.3. The molecule has 0 aromatic heterocycles. The van der Waals surface area contributed by atoms with E-state index in [1.165, 1.54) is 0 Å². The molecule has 0 fully saturated rings. The second-order valence-corrected chi connectivity index (χ2v) is 4.57. The Morgan fingerprint density at radius 1 is 1.50 bits per heavy atom. The zero-order valence-corrected chi connectivity index (χ0v) is 10.7. The molecule has 0 atom stereocenters. The van der Waals surface area contributed by atoms with Crippen LogP contribution in [0.15, 0.2) is 6.07 Å². The molecule has 0 saturated heterocycles. The fraction of sp³-hybridized carbons (Fsp3) is 0.500. The Bertz CT molecular complexity index is 378. The third-order valence-electron chi connectivity index (χ3n) is 2.60. The highest BCUT2D eigenvalue weighted by Gasteiger charge is 2.18. The number of nitrogens with one attached hydrogen (secondary N) is 1. The van der Waals surface area contributed by atoms with Crippen LogP contribution in [-0.4, -0.2) is 0 Å². The zero-order valence-electron chi connectivity index (χ0n) is 9.90. The van der Waals surface area contributed by atoms with Crippen molar-refractivity contribution in [3.63, 3.8) is 0 Å². The van der Waals surface area contributed by atoms with E-state index in [1.807, 2.05) is 13.8 Å². The van der Waals surface area contributed by atoms with Crippen molar-refractivity contribution < 1.29 is 4.39 Å². The van der Waals surface area contributed by atoms with Gasteiger partial charge in [-0.3, -0.25) is 5.84 Å². The summed E-state index contributed by atoms with van der Waals surface area (Å²) in [4.78, 5) is 0. The van der Waals surface area contributed by atoms with Crippen LogP contribution in [0.4, 0.5) is 10.1 Å². The number of nitrogen functional groups attached to an aromatic ring is 1. The van der Waals surface area contributed by atoms with Crippen LogP contribution in [0.3, 0.4) is 0 Å². The van der Waals surface area contributed by atoms with Crippen molar-refractivity contribution in [3.8, 4) is 0 Å². The summed E-state index contributed by atoms with van der Waals surface area (Å²) in [6.07, 6.45) is 1.73. The van der Waals surface area contributed by atoms with Gasteiger partial charge in [-0.2, -0.15) is 0 Å². The maximum atomic E-state index is 14.0. The summed E-state index contributed by atoms with van der Waals surface area (Å²) in [5, 5.41) is 0.122. The van der Waals surface area contributed by atoms with Gasteiger partial charge in [0.15, 0.2) is 0 Å². The summed E-state index contributed by atoms with van der Waals surface area (Å²) in [5.41, 5.74) is 4.91. The average molecular weight is 245 g/mol. The molecule has 0 aliphatic carbocycles. The second kappa shape index (κ2) is 5.51. The fourth-order valence-corrected chi connectivity index (χ4v) is 2.14. The van der Waals surface area contributed by atoms with Gasteiger partial charge in [-0.1, -0.05) is 38.8 Å². The third kappa shape index (κ3) is 2.47. The van der Waals surface area contributed by atoms with Gasteiger partial charge in [-0.15, -0.1) is 0 Å². The Morgan fingerprint density at radius 3 is 2.56 bits per heavy atom. The van der Waals surface area contributed by atoms with Gasteiger partial charge in [-0.25, -0.2) is 4.39 Å². The van der Waals surface area contributed by atoms with Gasteiger partial charge in [-0.05, 0) is 29.5 Å². The maximum absolute atomic E-state index is 14.0. The first-order chi connectivity index (χ1) is 7.52. The number of hydrogen-bond donors (Lipinski definition) is 2. The Hall–Kier alpha value is -0.800. The van der Waals surface area contributed by atoms with Crippen molar-refractivity contribution >= 4 is 17.3 Å². The van der Waals surface area contributed by atoms with E-state index in [-0.39, 0.29) is 16.8 Å². The Kier molecular flexibility index (Phi) is 4.56. The quantitative estimate of drug-likeness (QED) is 0.624. The standard InChI is InChI=1S/C12H18ClFN2/c1-4-5-8-10(16-15)6-9(13)12(14)11(8)7(2)3/h6-7,16H,4-5,15H2,1-3H3. The van der Waals surface area contributed by atoms with Gasteiger partial charge in [0.25, 0.3) is 0 Å². The van der Waals surface area contributed by atoms with E-state index >= 15 is 0 Å². The van der Waals surface area contributed by atoms with Gasteiger partial charge in [0.2, 0.25) is 0 Å². The van der Waals surface area contributed by atoms with Crippen molar-refractivity contribution in [1.29, 1.82) is 0 Å². The van der Waals surface area contributed by atoms with Gasteiger partial charge < -0.3 is 5.43 Å². The minimum atomic E-state index is -0.320. The van der Waals surface area contributed by atoms with Gasteiger partial charge in [0, 0.05) is 0 Å². The molecule has 1 rings (SSSR count). The molecule has 0 aliphatic rings. The Balaban J connectivity index is 3.44. The predicted octanol–water partition coefficient (Wildman–Crippen LogP) is 3.84. The van der Waals surface area contributed by atoms with Crippen LogP contribution in [0.25, 0.3) is 0 Å². The van der Waals surface area contributed by atoms with Crippen molar-refractivity contribution in [3.05, 3.63) is 28.0 Å². The number of benzene rings is 1. The summed E-state index contributed by atoms with van der Waals surface area (Å²) in [6, 6.07) is 1.55. The predicted molar refractivity (Wildman–Crippen MR) is 67.3 cm³/mol. The van der Waals surface area contributed by atoms with Crippen LogP contribution < -0.4 is 11.3 Å². The lowest BCUT2D eigenvalue weighted by Crippen LogP contribution is -2.13. The molecule has 2 nitrogen and oxygen atoms in total. The molecule has 0 saturated carbocycles. The first-order valence-electron chi connectivity index (χ1n) is 5.50. The van der Waals surface area contributed by atoms with Crippen molar-refractivity contribution in [2.45, 2.75) is 39.5 Å². The van der Waals surface area contributed by atoms with E-state index < -0.39 is 0 Å². The molecule has 1 aromatic carbocycles. The minimum Gasteiger partial charge on any atom is -0.324 e. The normalized spacial score (nSPS) is 10.9. The van der Waals surface area contributed by atoms with Crippen LogP contribution in [0.2, 0.25) is 5.02 Å². The molecule has 0 bridgehead atoms. The Morgan fingerprint density at radius 2 is 2.12 bits per heavy atom. The first-order valence-corrected chi connectivity index (χ1v) is 5.88. The average Bonchev–Trinajstić information content (AvgIpc) is 2.23. The van der Waals surface area contributed by atoms with E-state index in [2.05, 4.69) is 12.3 Å². The summed E-state index contributed by atoms with van der Waals surface area (Å²) >= 11 is 5.84. The lowest BCUT2D eigenvalue weighted by molar-refractivity contribution is 0.593. The highest BCUT2D eigenvalue weighted by Crippen LogP contribution is 2.34. The molecule has 0 spiro atoms. The van der Waals surface area contributed by atoms with Crippen molar-refractivity contribution in [1.82, 2.24) is 0 Å². The zero-order chi connectivity index (χ0) is 12.3. The number of hydrogen-bond acceptors (Lipinski definition) is 2. The van der Waals surface area contributed by atoms with Crippen LogP contribution >= 0.6 is 11.6 Å². The highest BCUT2D eigenvalue weighted by atomic mass is 35.5. The summed E-state index contributed by atoms with van der Waals surface area (Å²) in [5.74, 6) is 5.21. The molecule has 16 heavy (non-hydrogen) atoms. The van der Waals surface area contributed by atoms with Crippen molar-refractivity contribution in [2.75, 3.05) is 5.43 Å². The van der Waals surface area contributed by atoms with E-state index in [0.29, 0.717) is 5.56 Å². The smallest absolute Gasteiger partial charge is 0.145 e. The van der Waals surface area contributed by atoms with E-state index in [1.54, 1.807) is 6.07 Å². The summed E-state index contributed by atoms with van der Waals surface area (Å²) in [6.45, 7) is 5.96. The third-order valence-corrected chi connectivity index (χ3v) is 2.88. The highest BCUT2D eigenvalue weighted by molar-refractivity contribution is 6.31. The van der Waals surface area contributed by atoms with Gasteiger partial charge in [0.05, 0.1) is 10.7 Å². The molecule has 3 N–H and O–H groups in total. The number of rotatable bonds is 4. The molecule has 0 amide bonds. The lowest BCUT2D eigenvalue weighted by atomic mass is 9.92. The molecule has 1 aromatic rings. The Labute approximate surface area is 101 Å². The summed E-state index contributed by atoms with van der Waals surface area (Å²) < 4.78 is 14.0. The molecule has 0 radical (unpaired) electrons. The minimum absolute atomic E-state index is 0.0901. The molecular formula is C12H18ClFN2. The summed E-state index contributed by atoms with van der Waals surface area (Å²) in [7, 11) is 0.